The van der Waals surface area contributed by atoms with Crippen molar-refractivity contribution in [2.75, 3.05) is 11.9 Å². The average Bonchev–Trinajstić information content (AvgIpc) is 2.26. The number of anilines is 1. The lowest BCUT2D eigenvalue weighted by molar-refractivity contribution is 0.305. The van der Waals surface area contributed by atoms with Gasteiger partial charge in [-0.05, 0) is 13.3 Å². The van der Waals surface area contributed by atoms with E-state index in [0.29, 0.717) is 18.3 Å². The van der Waals surface area contributed by atoms with Crippen molar-refractivity contribution in [3.8, 4) is 18.2 Å². The summed E-state index contributed by atoms with van der Waals surface area (Å²) < 4.78 is 5.37. The Morgan fingerprint density at radius 2 is 2.40 bits per heavy atom. The van der Waals surface area contributed by atoms with E-state index in [9.17, 15) is 0 Å². The van der Waals surface area contributed by atoms with Gasteiger partial charge in [0.25, 0.3) is 0 Å². The second kappa shape index (κ2) is 5.86. The monoisotopic (exact) mass is 205 g/mol. The summed E-state index contributed by atoms with van der Waals surface area (Å²) in [6.07, 6.45) is 7.66. The summed E-state index contributed by atoms with van der Waals surface area (Å²) in [5, 5.41) is 3.04. The topological polar surface area (TPSA) is 47.0 Å². The van der Waals surface area contributed by atoms with Gasteiger partial charge in [0.05, 0.1) is 12.6 Å². The fraction of sp³-hybridized carbons (Fsp3) is 0.455. The molecule has 4 heteroatoms. The number of ether oxygens (including phenoxy) is 1. The SMILES string of the molecule is C#CC(C)Nc1cc(OCCC)ncn1. The molecule has 1 rings (SSSR count). The van der Waals surface area contributed by atoms with E-state index in [1.807, 2.05) is 13.8 Å². The Kier molecular flexibility index (Phi) is 4.42. The summed E-state index contributed by atoms with van der Waals surface area (Å²) in [4.78, 5) is 8.02. The normalized spacial score (nSPS) is 11.5. The third-order valence-electron chi connectivity index (χ3n) is 1.71. The molecule has 1 aromatic heterocycles. The molecular weight excluding hydrogens is 190 g/mol. The highest BCUT2D eigenvalue weighted by atomic mass is 16.5. The Hall–Kier alpha value is -1.76. The van der Waals surface area contributed by atoms with Gasteiger partial charge in [-0.15, -0.1) is 6.42 Å². The van der Waals surface area contributed by atoms with Gasteiger partial charge in [-0.2, -0.15) is 0 Å². The molecule has 1 N–H and O–H groups in total. The van der Waals surface area contributed by atoms with Crippen LogP contribution in [0.1, 0.15) is 20.3 Å². The van der Waals surface area contributed by atoms with Crippen LogP contribution < -0.4 is 10.1 Å². The first-order valence-electron chi connectivity index (χ1n) is 4.93. The zero-order valence-electron chi connectivity index (χ0n) is 9.03. The van der Waals surface area contributed by atoms with Gasteiger partial charge in [0.15, 0.2) is 0 Å². The maximum absolute atomic E-state index is 5.37. The second-order valence-corrected chi connectivity index (χ2v) is 3.12. The van der Waals surface area contributed by atoms with E-state index in [-0.39, 0.29) is 6.04 Å². The Bertz CT molecular complexity index is 346. The van der Waals surface area contributed by atoms with E-state index >= 15 is 0 Å². The first kappa shape index (κ1) is 11.3. The highest BCUT2D eigenvalue weighted by Crippen LogP contribution is 2.11. The Morgan fingerprint density at radius 3 is 3.07 bits per heavy atom. The summed E-state index contributed by atoms with van der Waals surface area (Å²) in [5.41, 5.74) is 0. The number of hydrogen-bond donors (Lipinski definition) is 1. The molecule has 4 nitrogen and oxygen atoms in total. The molecule has 0 aliphatic heterocycles. The van der Waals surface area contributed by atoms with Crippen LogP contribution in [-0.2, 0) is 0 Å². The minimum absolute atomic E-state index is 0.0566. The molecule has 0 saturated heterocycles. The van der Waals surface area contributed by atoms with E-state index in [0.717, 1.165) is 6.42 Å². The molecule has 0 aliphatic rings. The Balaban J connectivity index is 2.62. The molecule has 1 unspecified atom stereocenters. The van der Waals surface area contributed by atoms with E-state index in [1.165, 1.54) is 6.33 Å². The van der Waals surface area contributed by atoms with Crippen LogP contribution >= 0.6 is 0 Å². The quantitative estimate of drug-likeness (QED) is 0.743. The molecule has 0 aromatic carbocycles. The van der Waals surface area contributed by atoms with Gasteiger partial charge in [-0.1, -0.05) is 12.8 Å². The maximum atomic E-state index is 5.37. The van der Waals surface area contributed by atoms with E-state index in [2.05, 4.69) is 21.2 Å². The molecule has 0 amide bonds. The van der Waals surface area contributed by atoms with Gasteiger partial charge < -0.3 is 10.1 Å². The second-order valence-electron chi connectivity index (χ2n) is 3.12. The molecule has 0 saturated carbocycles. The third-order valence-corrected chi connectivity index (χ3v) is 1.71. The van der Waals surface area contributed by atoms with Crippen LogP contribution in [0.15, 0.2) is 12.4 Å². The first-order chi connectivity index (χ1) is 7.26. The molecular formula is C11H15N3O. The van der Waals surface area contributed by atoms with Crippen molar-refractivity contribution in [2.45, 2.75) is 26.3 Å². The number of terminal acetylenes is 1. The first-order valence-corrected chi connectivity index (χ1v) is 4.93. The smallest absolute Gasteiger partial charge is 0.218 e. The predicted octanol–water partition coefficient (Wildman–Crippen LogP) is 1.70. The van der Waals surface area contributed by atoms with Crippen LogP contribution in [0.4, 0.5) is 5.82 Å². The van der Waals surface area contributed by atoms with Crippen LogP contribution in [0.3, 0.4) is 0 Å². The highest BCUT2D eigenvalue weighted by molar-refractivity contribution is 5.39. The summed E-state index contributed by atoms with van der Waals surface area (Å²) in [6, 6.07) is 1.68. The average molecular weight is 205 g/mol. The number of aromatic nitrogens is 2. The summed E-state index contributed by atoms with van der Waals surface area (Å²) >= 11 is 0. The Morgan fingerprint density at radius 1 is 1.60 bits per heavy atom. The molecule has 80 valence electrons. The fourth-order valence-electron chi connectivity index (χ4n) is 0.967. The molecule has 0 radical (unpaired) electrons. The van der Waals surface area contributed by atoms with Gasteiger partial charge in [-0.3, -0.25) is 0 Å². The summed E-state index contributed by atoms with van der Waals surface area (Å²) in [6.45, 7) is 4.58. The van der Waals surface area contributed by atoms with E-state index < -0.39 is 0 Å². The van der Waals surface area contributed by atoms with Crippen molar-refractivity contribution in [3.63, 3.8) is 0 Å². The van der Waals surface area contributed by atoms with Crippen molar-refractivity contribution in [1.29, 1.82) is 0 Å². The molecule has 0 bridgehead atoms. The Labute approximate surface area is 90.1 Å². The number of nitrogens with one attached hydrogen (secondary N) is 1. The van der Waals surface area contributed by atoms with Crippen molar-refractivity contribution >= 4 is 5.82 Å². The minimum atomic E-state index is -0.0566. The van der Waals surface area contributed by atoms with Gasteiger partial charge in [0.2, 0.25) is 5.88 Å². The molecule has 0 aliphatic carbocycles. The van der Waals surface area contributed by atoms with E-state index in [4.69, 9.17) is 11.2 Å². The molecule has 1 atom stereocenters. The van der Waals surface area contributed by atoms with Gasteiger partial charge in [0, 0.05) is 6.07 Å². The summed E-state index contributed by atoms with van der Waals surface area (Å²) in [7, 11) is 0. The molecule has 15 heavy (non-hydrogen) atoms. The standard InChI is InChI=1S/C11H15N3O/c1-4-6-15-11-7-10(12-8-13-11)14-9(3)5-2/h2,7-9H,4,6H2,1,3H3,(H,12,13,14). The van der Waals surface area contributed by atoms with Crippen molar-refractivity contribution in [2.24, 2.45) is 0 Å². The van der Waals surface area contributed by atoms with Crippen LogP contribution in [-0.4, -0.2) is 22.6 Å². The lowest BCUT2D eigenvalue weighted by Gasteiger charge is -2.09. The molecule has 0 spiro atoms. The fourth-order valence-corrected chi connectivity index (χ4v) is 0.967. The number of rotatable bonds is 5. The molecule has 1 heterocycles. The van der Waals surface area contributed by atoms with Crippen LogP contribution in [0.25, 0.3) is 0 Å². The lowest BCUT2D eigenvalue weighted by atomic mass is 10.3. The molecule has 1 aromatic rings. The van der Waals surface area contributed by atoms with E-state index in [1.54, 1.807) is 6.07 Å². The van der Waals surface area contributed by atoms with Crippen LogP contribution in [0.5, 0.6) is 5.88 Å². The van der Waals surface area contributed by atoms with Crippen LogP contribution in [0.2, 0.25) is 0 Å². The van der Waals surface area contributed by atoms with Crippen molar-refractivity contribution in [3.05, 3.63) is 12.4 Å². The highest BCUT2D eigenvalue weighted by Gasteiger charge is 2.01. The van der Waals surface area contributed by atoms with Crippen molar-refractivity contribution < 1.29 is 4.74 Å². The zero-order valence-corrected chi connectivity index (χ0v) is 9.03. The maximum Gasteiger partial charge on any atom is 0.218 e. The predicted molar refractivity (Wildman–Crippen MR) is 59.7 cm³/mol. The van der Waals surface area contributed by atoms with Gasteiger partial charge in [-0.25, -0.2) is 9.97 Å². The van der Waals surface area contributed by atoms with Gasteiger partial charge in [0.1, 0.15) is 12.1 Å². The van der Waals surface area contributed by atoms with Crippen molar-refractivity contribution in [1.82, 2.24) is 9.97 Å². The van der Waals surface area contributed by atoms with Gasteiger partial charge >= 0.3 is 0 Å². The third kappa shape index (κ3) is 3.86. The number of hydrogen-bond acceptors (Lipinski definition) is 4. The number of nitrogens with zero attached hydrogens (tertiary/aromatic N) is 2. The largest absolute Gasteiger partial charge is 0.478 e. The lowest BCUT2D eigenvalue weighted by Crippen LogP contribution is -2.13. The summed E-state index contributed by atoms with van der Waals surface area (Å²) in [5.74, 6) is 3.81. The molecule has 0 fully saturated rings. The van der Waals surface area contributed by atoms with Crippen LogP contribution in [0, 0.1) is 12.3 Å². The minimum Gasteiger partial charge on any atom is -0.478 e. The zero-order chi connectivity index (χ0) is 11.1.